The summed E-state index contributed by atoms with van der Waals surface area (Å²) >= 11 is 0. The van der Waals surface area contributed by atoms with E-state index in [1.807, 2.05) is 30.3 Å². The van der Waals surface area contributed by atoms with Crippen molar-refractivity contribution in [2.45, 2.75) is 33.1 Å². The maximum Gasteiger partial charge on any atom is 0.179 e. The number of hydrogen-bond acceptors (Lipinski definition) is 4. The quantitative estimate of drug-likeness (QED) is 0.202. The molecular weight excluding hydrogens is 524 g/mol. The van der Waals surface area contributed by atoms with Crippen LogP contribution in [0, 0.1) is 6.92 Å². The minimum absolute atomic E-state index is 0.0185. The maximum atomic E-state index is 5.17. The fourth-order valence-corrected chi connectivity index (χ4v) is 5.68. The monoisotopic (exact) mass is 556 g/mol. The van der Waals surface area contributed by atoms with E-state index in [0.29, 0.717) is 5.82 Å². The third-order valence-corrected chi connectivity index (χ3v) is 7.89. The molecule has 0 radical (unpaired) electrons. The van der Waals surface area contributed by atoms with Crippen LogP contribution < -0.4 is 0 Å². The largest absolute Gasteiger partial charge is 0.251 e. The van der Waals surface area contributed by atoms with Crippen molar-refractivity contribution in [1.29, 1.82) is 0 Å². The molecule has 7 aromatic rings. The zero-order valence-electron chi connectivity index (χ0n) is 24.8. The summed E-state index contributed by atoms with van der Waals surface area (Å²) in [5, 5.41) is 2.18. The Balaban J connectivity index is 1.40. The molecule has 0 unspecified atom stereocenters. The predicted octanol–water partition coefficient (Wildman–Crippen LogP) is 9.85. The van der Waals surface area contributed by atoms with Crippen molar-refractivity contribution < 1.29 is 0 Å². The van der Waals surface area contributed by atoms with Crippen molar-refractivity contribution in [2.24, 2.45) is 0 Å². The van der Waals surface area contributed by atoms with E-state index < -0.39 is 0 Å². The van der Waals surface area contributed by atoms with E-state index in [0.717, 1.165) is 55.7 Å². The molecule has 0 N–H and O–H groups in total. The second-order valence-electron chi connectivity index (χ2n) is 12.1. The van der Waals surface area contributed by atoms with Gasteiger partial charge < -0.3 is 0 Å². The van der Waals surface area contributed by atoms with E-state index in [-0.39, 0.29) is 5.41 Å². The highest BCUT2D eigenvalue weighted by Crippen LogP contribution is 2.34. The van der Waals surface area contributed by atoms with E-state index in [9.17, 15) is 0 Å². The third kappa shape index (κ3) is 5.17. The summed E-state index contributed by atoms with van der Waals surface area (Å²) in [5.74, 6) is 0.589. The first-order valence-electron chi connectivity index (χ1n) is 14.7. The number of nitrogens with zero attached hydrogens (tertiary/aromatic N) is 4. The molecule has 3 heterocycles. The Kier molecular flexibility index (Phi) is 6.55. The molecule has 43 heavy (non-hydrogen) atoms. The number of pyridine rings is 2. The fourth-order valence-electron chi connectivity index (χ4n) is 5.68. The summed E-state index contributed by atoms with van der Waals surface area (Å²) in [6.07, 6.45) is 0. The van der Waals surface area contributed by atoms with Crippen LogP contribution >= 0.6 is 0 Å². The Hall–Kier alpha value is -5.22. The van der Waals surface area contributed by atoms with Crippen LogP contribution in [0.3, 0.4) is 0 Å². The Morgan fingerprint density at radius 2 is 1.02 bits per heavy atom. The van der Waals surface area contributed by atoms with Gasteiger partial charge in [0.25, 0.3) is 0 Å². The molecule has 208 valence electrons. The lowest BCUT2D eigenvalue weighted by Gasteiger charge is -2.22. The zero-order valence-corrected chi connectivity index (χ0v) is 24.8. The van der Waals surface area contributed by atoms with Gasteiger partial charge in [0.1, 0.15) is 5.69 Å². The average Bonchev–Trinajstić information content (AvgIpc) is 3.04. The zero-order chi connectivity index (χ0) is 29.6. The Morgan fingerprint density at radius 3 is 1.67 bits per heavy atom. The lowest BCUT2D eigenvalue weighted by Crippen LogP contribution is -2.12. The lowest BCUT2D eigenvalue weighted by atomic mass is 9.84. The summed E-state index contributed by atoms with van der Waals surface area (Å²) in [4.78, 5) is 20.2. The number of rotatable bonds is 4. The predicted molar refractivity (Wildman–Crippen MR) is 178 cm³/mol. The van der Waals surface area contributed by atoms with Gasteiger partial charge in [-0.3, -0.25) is 4.98 Å². The molecule has 4 aromatic carbocycles. The second-order valence-corrected chi connectivity index (χ2v) is 12.1. The van der Waals surface area contributed by atoms with Crippen LogP contribution in [0.25, 0.3) is 67.0 Å². The average molecular weight is 557 g/mol. The third-order valence-electron chi connectivity index (χ3n) is 7.89. The van der Waals surface area contributed by atoms with Gasteiger partial charge in [-0.15, -0.1) is 0 Å². The highest BCUT2D eigenvalue weighted by Gasteiger charge is 2.20. The molecule has 0 spiro atoms. The molecule has 0 atom stereocenters. The van der Waals surface area contributed by atoms with Gasteiger partial charge in [0.2, 0.25) is 0 Å². The van der Waals surface area contributed by atoms with Gasteiger partial charge in [0.15, 0.2) is 5.82 Å². The van der Waals surface area contributed by atoms with Gasteiger partial charge in [-0.2, -0.15) is 0 Å². The molecule has 0 bridgehead atoms. The Morgan fingerprint density at radius 1 is 0.465 bits per heavy atom. The molecule has 7 rings (SSSR count). The number of aromatic nitrogens is 4. The fraction of sp³-hybridized carbons (Fsp3) is 0.128. The molecule has 0 saturated carbocycles. The summed E-state index contributed by atoms with van der Waals surface area (Å²) in [5.41, 5.74) is 10.9. The van der Waals surface area contributed by atoms with Gasteiger partial charge in [-0.1, -0.05) is 124 Å². The molecule has 0 aliphatic rings. The van der Waals surface area contributed by atoms with Gasteiger partial charge in [0, 0.05) is 27.6 Å². The Labute approximate surface area is 252 Å². The van der Waals surface area contributed by atoms with Crippen LogP contribution in [-0.4, -0.2) is 19.9 Å². The molecular formula is C39H32N4. The molecule has 0 amide bonds. The van der Waals surface area contributed by atoms with Gasteiger partial charge in [-0.25, -0.2) is 15.0 Å². The topological polar surface area (TPSA) is 51.6 Å². The first kappa shape index (κ1) is 26.7. The normalized spacial score (nSPS) is 11.7. The SMILES string of the molecule is Cc1cc(C(C)(C)C)c2ccc3ccc(-c4nc(-c5ccccc5)cc(-c5ccc(-c6ccccc6)cc5)n4)nc3c2n1. The van der Waals surface area contributed by atoms with Crippen molar-refractivity contribution >= 4 is 21.8 Å². The molecule has 0 aliphatic heterocycles. The van der Waals surface area contributed by atoms with Crippen LogP contribution in [-0.2, 0) is 5.41 Å². The van der Waals surface area contributed by atoms with E-state index in [4.69, 9.17) is 19.9 Å². The van der Waals surface area contributed by atoms with Crippen LogP contribution in [0.5, 0.6) is 0 Å². The van der Waals surface area contributed by atoms with E-state index in [2.05, 4.69) is 119 Å². The van der Waals surface area contributed by atoms with Gasteiger partial charge in [0.05, 0.1) is 22.4 Å². The number of hydrogen-bond donors (Lipinski definition) is 0. The minimum Gasteiger partial charge on any atom is -0.251 e. The summed E-state index contributed by atoms with van der Waals surface area (Å²) in [6.45, 7) is 8.78. The van der Waals surface area contributed by atoms with Crippen molar-refractivity contribution in [1.82, 2.24) is 19.9 Å². The van der Waals surface area contributed by atoms with E-state index in [1.54, 1.807) is 0 Å². The maximum absolute atomic E-state index is 5.17. The lowest BCUT2D eigenvalue weighted by molar-refractivity contribution is 0.594. The van der Waals surface area contributed by atoms with Gasteiger partial charge >= 0.3 is 0 Å². The van der Waals surface area contributed by atoms with Crippen molar-refractivity contribution in [3.05, 3.63) is 133 Å². The van der Waals surface area contributed by atoms with Crippen LogP contribution in [0.1, 0.15) is 32.0 Å². The minimum atomic E-state index is -0.0185. The molecule has 4 nitrogen and oxygen atoms in total. The summed E-state index contributed by atoms with van der Waals surface area (Å²) < 4.78 is 0. The number of benzene rings is 4. The van der Waals surface area contributed by atoms with Crippen molar-refractivity contribution in [2.75, 3.05) is 0 Å². The first-order chi connectivity index (χ1) is 20.8. The first-order valence-corrected chi connectivity index (χ1v) is 14.7. The number of fused-ring (bicyclic) bond motifs is 3. The highest BCUT2D eigenvalue weighted by molar-refractivity contribution is 6.04. The van der Waals surface area contributed by atoms with Crippen LogP contribution in [0.4, 0.5) is 0 Å². The molecule has 0 fully saturated rings. The molecule has 3 aromatic heterocycles. The van der Waals surface area contributed by atoms with Crippen LogP contribution in [0.2, 0.25) is 0 Å². The van der Waals surface area contributed by atoms with Gasteiger partial charge in [-0.05, 0) is 47.2 Å². The Bertz CT molecular complexity index is 2090. The summed E-state index contributed by atoms with van der Waals surface area (Å²) in [7, 11) is 0. The highest BCUT2D eigenvalue weighted by atomic mass is 14.9. The second kappa shape index (κ2) is 10.6. The summed E-state index contributed by atoms with van der Waals surface area (Å²) in [6, 6.07) is 41.9. The van der Waals surface area contributed by atoms with E-state index in [1.165, 1.54) is 16.7 Å². The molecule has 0 aliphatic carbocycles. The van der Waals surface area contributed by atoms with Crippen molar-refractivity contribution in [3.8, 4) is 45.2 Å². The van der Waals surface area contributed by atoms with Crippen molar-refractivity contribution in [3.63, 3.8) is 0 Å². The van der Waals surface area contributed by atoms with Crippen LogP contribution in [0.15, 0.2) is 121 Å². The molecule has 0 saturated heterocycles. The molecule has 4 heteroatoms. The standard InChI is InChI=1S/C39H32N4/c1-25-23-32(39(2,3)4)31-21-19-30-20-22-33(41-36(30)37(31)40-25)38-42-34(28-13-9-6-10-14-28)24-35(43-38)29-17-15-27(16-18-29)26-11-7-5-8-12-26/h5-24H,1-4H3. The van der Waals surface area contributed by atoms with E-state index >= 15 is 0 Å². The number of aryl methyl sites for hydroxylation is 1. The smallest absolute Gasteiger partial charge is 0.179 e.